The molecule has 0 aliphatic carbocycles. The highest BCUT2D eigenvalue weighted by molar-refractivity contribution is 6.31. The first-order valence-corrected chi connectivity index (χ1v) is 7.12. The van der Waals surface area contributed by atoms with Gasteiger partial charge in [-0.1, -0.05) is 43.6 Å². The summed E-state index contributed by atoms with van der Waals surface area (Å²) in [6, 6.07) is 12.7. The molecule has 0 aliphatic heterocycles. The molecule has 21 heavy (non-hydrogen) atoms. The van der Waals surface area contributed by atoms with E-state index in [1.165, 1.54) is 11.6 Å². The van der Waals surface area contributed by atoms with Crippen LogP contribution in [0.3, 0.4) is 0 Å². The molecule has 0 saturated carbocycles. The second kappa shape index (κ2) is 6.59. The number of rotatable bonds is 5. The molecule has 0 fully saturated rings. The number of nitrogens with zero attached hydrogens (tertiary/aromatic N) is 1. The van der Waals surface area contributed by atoms with Gasteiger partial charge in [0.15, 0.2) is 0 Å². The van der Waals surface area contributed by atoms with Gasteiger partial charge in [-0.15, -0.1) is 0 Å². The molecule has 2 rings (SSSR count). The van der Waals surface area contributed by atoms with Crippen LogP contribution >= 0.6 is 11.6 Å². The number of hydrogen-bond acceptors (Lipinski definition) is 3. The normalized spacial score (nSPS) is 10.7. The smallest absolute Gasteiger partial charge is 0.275 e. The number of benzene rings is 2. The average molecular weight is 305 g/mol. The van der Waals surface area contributed by atoms with E-state index < -0.39 is 4.92 Å². The SMILES string of the molecule is CC(C)c1cccc(NCc2c(Cl)cccc2[N+](=O)[O-])c1. The van der Waals surface area contributed by atoms with E-state index in [0.29, 0.717) is 23.0 Å². The van der Waals surface area contributed by atoms with Crippen LogP contribution in [0.25, 0.3) is 0 Å². The molecule has 0 amide bonds. The molecule has 0 atom stereocenters. The monoisotopic (exact) mass is 304 g/mol. The average Bonchev–Trinajstić information content (AvgIpc) is 2.46. The number of nitro benzene ring substituents is 1. The predicted molar refractivity (Wildman–Crippen MR) is 86.0 cm³/mol. The molecule has 5 heteroatoms. The highest BCUT2D eigenvalue weighted by Gasteiger charge is 2.16. The topological polar surface area (TPSA) is 55.2 Å². The molecule has 0 bridgehead atoms. The lowest BCUT2D eigenvalue weighted by atomic mass is 10.0. The predicted octanol–water partition coefficient (Wildman–Crippen LogP) is 4.98. The Hall–Kier alpha value is -2.07. The molecule has 0 aliphatic rings. The molecule has 110 valence electrons. The van der Waals surface area contributed by atoms with Crippen LogP contribution in [0.5, 0.6) is 0 Å². The van der Waals surface area contributed by atoms with E-state index in [9.17, 15) is 10.1 Å². The van der Waals surface area contributed by atoms with Crippen molar-refractivity contribution in [2.45, 2.75) is 26.3 Å². The van der Waals surface area contributed by atoms with Crippen molar-refractivity contribution in [1.82, 2.24) is 0 Å². The summed E-state index contributed by atoms with van der Waals surface area (Å²) in [6.07, 6.45) is 0. The minimum atomic E-state index is -0.409. The standard InChI is InChI=1S/C16H17ClN2O2/c1-11(2)12-5-3-6-13(9-12)18-10-14-15(17)7-4-8-16(14)19(20)21/h3-9,11,18H,10H2,1-2H3. The lowest BCUT2D eigenvalue weighted by Crippen LogP contribution is -2.04. The fraction of sp³-hybridized carbons (Fsp3) is 0.250. The fourth-order valence-corrected chi connectivity index (χ4v) is 2.33. The van der Waals surface area contributed by atoms with Crippen LogP contribution in [0.15, 0.2) is 42.5 Å². The highest BCUT2D eigenvalue weighted by atomic mass is 35.5. The van der Waals surface area contributed by atoms with Crippen molar-refractivity contribution >= 4 is 23.0 Å². The number of anilines is 1. The van der Waals surface area contributed by atoms with Gasteiger partial charge < -0.3 is 5.32 Å². The van der Waals surface area contributed by atoms with Gasteiger partial charge in [0, 0.05) is 18.3 Å². The lowest BCUT2D eigenvalue weighted by Gasteiger charge is -2.11. The quantitative estimate of drug-likeness (QED) is 0.626. The van der Waals surface area contributed by atoms with Crippen LogP contribution in [0, 0.1) is 10.1 Å². The summed E-state index contributed by atoms with van der Waals surface area (Å²) in [4.78, 5) is 10.6. The van der Waals surface area contributed by atoms with Crippen molar-refractivity contribution in [2.24, 2.45) is 0 Å². The zero-order chi connectivity index (χ0) is 15.4. The van der Waals surface area contributed by atoms with Crippen LogP contribution in [0.4, 0.5) is 11.4 Å². The maximum absolute atomic E-state index is 11.0. The highest BCUT2D eigenvalue weighted by Crippen LogP contribution is 2.27. The van der Waals surface area contributed by atoms with Crippen molar-refractivity contribution in [3.63, 3.8) is 0 Å². The first-order valence-electron chi connectivity index (χ1n) is 6.74. The Labute approximate surface area is 128 Å². The van der Waals surface area contributed by atoms with Gasteiger partial charge in [-0.3, -0.25) is 10.1 Å². The van der Waals surface area contributed by atoms with E-state index in [1.807, 2.05) is 18.2 Å². The van der Waals surface area contributed by atoms with E-state index in [-0.39, 0.29) is 5.69 Å². The van der Waals surface area contributed by atoms with Crippen LogP contribution in [0.2, 0.25) is 5.02 Å². The van der Waals surface area contributed by atoms with Gasteiger partial charge in [0.25, 0.3) is 5.69 Å². The van der Waals surface area contributed by atoms with Crippen LogP contribution < -0.4 is 5.32 Å². The number of halogens is 1. The van der Waals surface area contributed by atoms with Crippen LogP contribution in [-0.2, 0) is 6.54 Å². The maximum atomic E-state index is 11.0. The summed E-state index contributed by atoms with van der Waals surface area (Å²) in [5, 5.41) is 14.7. The minimum Gasteiger partial charge on any atom is -0.381 e. The zero-order valence-corrected chi connectivity index (χ0v) is 12.7. The summed E-state index contributed by atoms with van der Waals surface area (Å²) in [5.41, 5.74) is 2.68. The van der Waals surface area contributed by atoms with E-state index in [1.54, 1.807) is 12.1 Å². The van der Waals surface area contributed by atoms with Crippen molar-refractivity contribution in [2.75, 3.05) is 5.32 Å². The Bertz CT molecular complexity index is 656. The third-order valence-corrected chi connectivity index (χ3v) is 3.67. The van der Waals surface area contributed by atoms with E-state index in [4.69, 9.17) is 11.6 Å². The van der Waals surface area contributed by atoms with Gasteiger partial charge >= 0.3 is 0 Å². The van der Waals surface area contributed by atoms with Gasteiger partial charge in [0.1, 0.15) is 0 Å². The molecular weight excluding hydrogens is 288 g/mol. The minimum absolute atomic E-state index is 0.0371. The van der Waals surface area contributed by atoms with Crippen molar-refractivity contribution in [3.8, 4) is 0 Å². The first kappa shape index (κ1) is 15.3. The Kier molecular flexibility index (Phi) is 4.81. The molecule has 0 heterocycles. The largest absolute Gasteiger partial charge is 0.381 e. The summed E-state index contributed by atoms with van der Waals surface area (Å²) >= 11 is 6.08. The van der Waals surface area contributed by atoms with Gasteiger partial charge in [-0.05, 0) is 29.7 Å². The molecule has 0 radical (unpaired) electrons. The molecule has 4 nitrogen and oxygen atoms in total. The molecule has 0 saturated heterocycles. The van der Waals surface area contributed by atoms with Gasteiger partial charge in [-0.25, -0.2) is 0 Å². The summed E-state index contributed by atoms with van der Waals surface area (Å²) in [7, 11) is 0. The Morgan fingerprint density at radius 3 is 2.62 bits per heavy atom. The molecule has 0 aromatic heterocycles. The maximum Gasteiger partial charge on any atom is 0.275 e. The first-order chi connectivity index (χ1) is 9.99. The summed E-state index contributed by atoms with van der Waals surface area (Å²) in [6.45, 7) is 4.56. The summed E-state index contributed by atoms with van der Waals surface area (Å²) < 4.78 is 0. The Balaban J connectivity index is 2.21. The van der Waals surface area contributed by atoms with E-state index >= 15 is 0 Å². The third-order valence-electron chi connectivity index (χ3n) is 3.31. The second-order valence-electron chi connectivity index (χ2n) is 5.13. The molecule has 1 N–H and O–H groups in total. The van der Waals surface area contributed by atoms with Crippen molar-refractivity contribution < 1.29 is 4.92 Å². The van der Waals surface area contributed by atoms with Gasteiger partial charge in [-0.2, -0.15) is 0 Å². The number of nitro groups is 1. The van der Waals surface area contributed by atoms with Crippen LogP contribution in [-0.4, -0.2) is 4.92 Å². The fourth-order valence-electron chi connectivity index (χ4n) is 2.09. The molecular formula is C16H17ClN2O2. The number of nitrogens with one attached hydrogen (secondary N) is 1. The number of hydrogen-bond donors (Lipinski definition) is 1. The zero-order valence-electron chi connectivity index (χ0n) is 12.0. The van der Waals surface area contributed by atoms with Crippen molar-refractivity contribution in [3.05, 3.63) is 68.7 Å². The van der Waals surface area contributed by atoms with Crippen LogP contribution in [0.1, 0.15) is 30.9 Å². The molecule has 2 aromatic rings. The molecule has 0 spiro atoms. The summed E-state index contributed by atoms with van der Waals surface area (Å²) in [5.74, 6) is 0.432. The van der Waals surface area contributed by atoms with Gasteiger partial charge in [0.2, 0.25) is 0 Å². The molecule has 0 unspecified atom stereocenters. The Morgan fingerprint density at radius 2 is 1.95 bits per heavy atom. The Morgan fingerprint density at radius 1 is 1.24 bits per heavy atom. The molecule has 2 aromatic carbocycles. The lowest BCUT2D eigenvalue weighted by molar-refractivity contribution is -0.385. The van der Waals surface area contributed by atoms with E-state index in [2.05, 4.69) is 25.2 Å². The second-order valence-corrected chi connectivity index (χ2v) is 5.54. The third kappa shape index (κ3) is 3.73. The van der Waals surface area contributed by atoms with Crippen molar-refractivity contribution in [1.29, 1.82) is 0 Å². The van der Waals surface area contributed by atoms with E-state index in [0.717, 1.165) is 5.69 Å². The van der Waals surface area contributed by atoms with Gasteiger partial charge in [0.05, 0.1) is 15.5 Å².